The first-order valence-corrected chi connectivity index (χ1v) is 9.38. The highest BCUT2D eigenvalue weighted by Gasteiger charge is 2.40. The molecule has 2 aliphatic rings. The van der Waals surface area contributed by atoms with Gasteiger partial charge in [-0.15, -0.1) is 0 Å². The maximum atomic E-state index is 12.3. The Hall–Kier alpha value is -1.49. The summed E-state index contributed by atoms with van der Waals surface area (Å²) in [5, 5.41) is 6.50. The Morgan fingerprint density at radius 1 is 1.29 bits per heavy atom. The van der Waals surface area contributed by atoms with E-state index in [1.165, 1.54) is 0 Å². The van der Waals surface area contributed by atoms with Crippen molar-refractivity contribution in [3.63, 3.8) is 0 Å². The number of rotatable bonds is 4. The molecule has 1 aromatic rings. The van der Waals surface area contributed by atoms with Crippen molar-refractivity contribution in [3.05, 3.63) is 11.4 Å². The van der Waals surface area contributed by atoms with E-state index in [1.807, 2.05) is 0 Å². The number of hydrogen-bond acceptors (Lipinski definition) is 6. The third-order valence-electron chi connectivity index (χ3n) is 4.43. The average Bonchev–Trinajstić information content (AvgIpc) is 3.13. The Balaban J connectivity index is 1.56. The summed E-state index contributed by atoms with van der Waals surface area (Å²) in [6, 6.07) is 0. The molecule has 1 amide bonds. The standard InChI is InChI=1S/C14H22N4O5S/c1-10-13(11(2)17-16-10)24(20,21)15-9-12(19)18-5-3-14(4-6-18)22-7-8-23-14/h15H,3-9H2,1-2H3,(H,16,17). The summed E-state index contributed by atoms with van der Waals surface area (Å²) in [5.74, 6) is -0.813. The molecule has 1 spiro atoms. The zero-order valence-corrected chi connectivity index (χ0v) is 14.6. The van der Waals surface area contributed by atoms with Gasteiger partial charge in [-0.2, -0.15) is 5.10 Å². The number of amides is 1. The molecule has 0 atom stereocenters. The van der Waals surface area contributed by atoms with Gasteiger partial charge < -0.3 is 14.4 Å². The van der Waals surface area contributed by atoms with Crippen molar-refractivity contribution in [2.24, 2.45) is 0 Å². The second kappa shape index (κ2) is 6.43. The molecule has 0 saturated carbocycles. The zero-order valence-electron chi connectivity index (χ0n) is 13.8. The minimum Gasteiger partial charge on any atom is -0.347 e. The molecule has 2 fully saturated rings. The molecule has 0 aromatic carbocycles. The monoisotopic (exact) mass is 358 g/mol. The van der Waals surface area contributed by atoms with Crippen LogP contribution in [-0.4, -0.2) is 68.1 Å². The molecule has 24 heavy (non-hydrogen) atoms. The summed E-state index contributed by atoms with van der Waals surface area (Å²) >= 11 is 0. The van der Waals surface area contributed by atoms with Gasteiger partial charge in [0.15, 0.2) is 5.79 Å². The van der Waals surface area contributed by atoms with Crippen molar-refractivity contribution in [1.82, 2.24) is 19.8 Å². The fraction of sp³-hybridized carbons (Fsp3) is 0.714. The summed E-state index contributed by atoms with van der Waals surface area (Å²) in [6.45, 7) is 5.09. The van der Waals surface area contributed by atoms with Crippen LogP contribution in [0.4, 0.5) is 0 Å². The molecule has 3 heterocycles. The molecule has 0 aliphatic carbocycles. The van der Waals surface area contributed by atoms with Crippen LogP contribution in [0.15, 0.2) is 4.90 Å². The van der Waals surface area contributed by atoms with Gasteiger partial charge in [0.1, 0.15) is 4.90 Å². The van der Waals surface area contributed by atoms with E-state index in [0.717, 1.165) is 0 Å². The Morgan fingerprint density at radius 3 is 2.46 bits per heavy atom. The van der Waals surface area contributed by atoms with Crippen molar-refractivity contribution in [2.75, 3.05) is 32.8 Å². The molecule has 0 unspecified atom stereocenters. The molecular formula is C14H22N4O5S. The van der Waals surface area contributed by atoms with Crippen molar-refractivity contribution in [2.45, 2.75) is 37.4 Å². The number of nitrogens with zero attached hydrogens (tertiary/aromatic N) is 2. The van der Waals surface area contributed by atoms with Crippen LogP contribution in [0.5, 0.6) is 0 Å². The van der Waals surface area contributed by atoms with E-state index < -0.39 is 15.8 Å². The predicted molar refractivity (Wildman–Crippen MR) is 83.7 cm³/mol. The van der Waals surface area contributed by atoms with Crippen LogP contribution in [-0.2, 0) is 24.3 Å². The Bertz CT molecular complexity index is 694. The maximum Gasteiger partial charge on any atom is 0.244 e. The maximum absolute atomic E-state index is 12.3. The lowest BCUT2D eigenvalue weighted by Gasteiger charge is -2.37. The van der Waals surface area contributed by atoms with Crippen LogP contribution in [0.1, 0.15) is 24.2 Å². The van der Waals surface area contributed by atoms with Crippen molar-refractivity contribution < 1.29 is 22.7 Å². The largest absolute Gasteiger partial charge is 0.347 e. The Morgan fingerprint density at radius 2 is 1.92 bits per heavy atom. The summed E-state index contributed by atoms with van der Waals surface area (Å²) in [6.07, 6.45) is 1.21. The first kappa shape index (κ1) is 17.3. The smallest absolute Gasteiger partial charge is 0.244 e. The quantitative estimate of drug-likeness (QED) is 0.762. The van der Waals surface area contributed by atoms with E-state index in [-0.39, 0.29) is 17.3 Å². The number of carbonyl (C=O) groups excluding carboxylic acids is 1. The third kappa shape index (κ3) is 3.32. The molecule has 1 aromatic heterocycles. The summed E-state index contributed by atoms with van der Waals surface area (Å²) in [4.78, 5) is 14.0. The van der Waals surface area contributed by atoms with Gasteiger partial charge in [0.2, 0.25) is 15.9 Å². The molecule has 10 heteroatoms. The lowest BCUT2D eigenvalue weighted by atomic mass is 10.0. The zero-order chi connectivity index (χ0) is 17.4. The van der Waals surface area contributed by atoms with Gasteiger partial charge in [0, 0.05) is 25.9 Å². The van der Waals surface area contributed by atoms with Crippen LogP contribution in [0.3, 0.4) is 0 Å². The second-order valence-corrected chi connectivity index (χ2v) is 7.78. The number of aromatic nitrogens is 2. The second-order valence-electron chi connectivity index (χ2n) is 6.08. The number of sulfonamides is 1. The minimum atomic E-state index is -3.77. The number of carbonyl (C=O) groups is 1. The van der Waals surface area contributed by atoms with Crippen LogP contribution >= 0.6 is 0 Å². The number of aromatic amines is 1. The van der Waals surface area contributed by atoms with E-state index in [4.69, 9.17) is 9.47 Å². The van der Waals surface area contributed by atoms with E-state index in [9.17, 15) is 13.2 Å². The van der Waals surface area contributed by atoms with Crippen molar-refractivity contribution in [3.8, 4) is 0 Å². The average molecular weight is 358 g/mol. The highest BCUT2D eigenvalue weighted by molar-refractivity contribution is 7.89. The first-order valence-electron chi connectivity index (χ1n) is 7.90. The number of ether oxygens (including phenoxy) is 2. The van der Waals surface area contributed by atoms with Gasteiger partial charge in [0.05, 0.1) is 31.1 Å². The Labute approximate surface area is 140 Å². The highest BCUT2D eigenvalue weighted by Crippen LogP contribution is 2.31. The lowest BCUT2D eigenvalue weighted by Crippen LogP contribution is -2.49. The van der Waals surface area contributed by atoms with Gasteiger partial charge >= 0.3 is 0 Å². The number of likely N-dealkylation sites (tertiary alicyclic amines) is 1. The highest BCUT2D eigenvalue weighted by atomic mass is 32.2. The summed E-state index contributed by atoms with van der Waals surface area (Å²) in [7, 11) is -3.77. The molecule has 2 aliphatic heterocycles. The van der Waals surface area contributed by atoms with Gasteiger partial charge in [0.25, 0.3) is 0 Å². The van der Waals surface area contributed by atoms with Crippen LogP contribution < -0.4 is 4.72 Å². The molecule has 9 nitrogen and oxygen atoms in total. The fourth-order valence-corrected chi connectivity index (χ4v) is 4.50. The number of H-pyrrole nitrogens is 1. The molecule has 134 valence electrons. The van der Waals surface area contributed by atoms with E-state index >= 15 is 0 Å². The first-order chi connectivity index (χ1) is 11.3. The molecule has 3 rings (SSSR count). The van der Waals surface area contributed by atoms with Gasteiger partial charge in [-0.1, -0.05) is 0 Å². The van der Waals surface area contributed by atoms with Crippen LogP contribution in [0.2, 0.25) is 0 Å². The van der Waals surface area contributed by atoms with Crippen LogP contribution in [0.25, 0.3) is 0 Å². The fourth-order valence-electron chi connectivity index (χ4n) is 3.16. The summed E-state index contributed by atoms with van der Waals surface area (Å²) in [5.41, 5.74) is 0.825. The number of aryl methyl sites for hydroxylation is 2. The van der Waals surface area contributed by atoms with Gasteiger partial charge in [-0.05, 0) is 13.8 Å². The molecule has 2 saturated heterocycles. The van der Waals surface area contributed by atoms with Gasteiger partial charge in [-0.3, -0.25) is 9.89 Å². The number of nitrogens with one attached hydrogen (secondary N) is 2. The van der Waals surface area contributed by atoms with E-state index in [2.05, 4.69) is 14.9 Å². The number of piperidine rings is 1. The molecule has 0 bridgehead atoms. The Kier molecular flexibility index (Phi) is 4.65. The predicted octanol–water partition coefficient (Wildman–Crippen LogP) is -0.330. The SMILES string of the molecule is Cc1n[nH]c(C)c1S(=O)(=O)NCC(=O)N1CCC2(CC1)OCCO2. The normalized spacial score (nSPS) is 20.7. The van der Waals surface area contributed by atoms with Crippen molar-refractivity contribution >= 4 is 15.9 Å². The molecule has 2 N–H and O–H groups in total. The minimum absolute atomic E-state index is 0.0978. The van der Waals surface area contributed by atoms with E-state index in [1.54, 1.807) is 18.7 Å². The number of hydrogen-bond donors (Lipinski definition) is 2. The lowest BCUT2D eigenvalue weighted by molar-refractivity contribution is -0.187. The topological polar surface area (TPSA) is 114 Å². The summed E-state index contributed by atoms with van der Waals surface area (Å²) < 4.78 is 38.3. The molecular weight excluding hydrogens is 336 g/mol. The third-order valence-corrected chi connectivity index (χ3v) is 6.10. The van der Waals surface area contributed by atoms with Crippen molar-refractivity contribution in [1.29, 1.82) is 0 Å². The van der Waals surface area contributed by atoms with Gasteiger partial charge in [-0.25, -0.2) is 13.1 Å². The molecule has 0 radical (unpaired) electrons. The van der Waals surface area contributed by atoms with E-state index in [0.29, 0.717) is 50.5 Å². The van der Waals surface area contributed by atoms with Crippen LogP contribution in [0, 0.1) is 13.8 Å².